The van der Waals surface area contributed by atoms with Gasteiger partial charge in [0.1, 0.15) is 30.5 Å². The SMILES string of the molecule is CCCCNC(=O)C(c1ccccc1O)N(CC#N)C(=O)CNC(=O)OC(C)(C)C. The fourth-order valence-corrected chi connectivity index (χ4v) is 2.62. The number of para-hydroxylation sites is 1. The molecular weight excluding hydrogens is 388 g/mol. The summed E-state index contributed by atoms with van der Waals surface area (Å²) in [6.45, 7) is 6.55. The lowest BCUT2D eigenvalue weighted by Crippen LogP contribution is -2.48. The summed E-state index contributed by atoms with van der Waals surface area (Å²) in [6, 6.07) is 6.76. The molecule has 3 amide bonds. The topological polar surface area (TPSA) is 132 Å². The van der Waals surface area contributed by atoms with Crippen LogP contribution in [-0.2, 0) is 14.3 Å². The summed E-state index contributed by atoms with van der Waals surface area (Å²) in [7, 11) is 0. The summed E-state index contributed by atoms with van der Waals surface area (Å²) in [5.74, 6) is -1.36. The van der Waals surface area contributed by atoms with Crippen LogP contribution in [0.25, 0.3) is 0 Å². The number of rotatable bonds is 9. The average Bonchev–Trinajstić information content (AvgIpc) is 2.66. The molecule has 0 heterocycles. The molecule has 30 heavy (non-hydrogen) atoms. The van der Waals surface area contributed by atoms with Crippen molar-refractivity contribution < 1.29 is 24.2 Å². The second kappa shape index (κ2) is 11.7. The molecule has 0 aromatic heterocycles. The summed E-state index contributed by atoms with van der Waals surface area (Å²) in [5.41, 5.74) is -0.552. The number of amides is 3. The summed E-state index contributed by atoms with van der Waals surface area (Å²) in [5, 5.41) is 24.5. The Kier molecular flexibility index (Phi) is 9.62. The highest BCUT2D eigenvalue weighted by Crippen LogP contribution is 2.29. The van der Waals surface area contributed by atoms with Crippen LogP contribution in [0, 0.1) is 11.3 Å². The molecule has 0 saturated heterocycles. The van der Waals surface area contributed by atoms with Crippen molar-refractivity contribution in [3.05, 3.63) is 29.8 Å². The van der Waals surface area contributed by atoms with Crippen LogP contribution in [0.5, 0.6) is 5.75 Å². The van der Waals surface area contributed by atoms with E-state index >= 15 is 0 Å². The molecule has 1 aromatic rings. The molecule has 9 nitrogen and oxygen atoms in total. The Morgan fingerprint density at radius 2 is 1.90 bits per heavy atom. The first-order valence-corrected chi connectivity index (χ1v) is 9.79. The largest absolute Gasteiger partial charge is 0.508 e. The number of unbranched alkanes of at least 4 members (excludes halogenated alkanes) is 1. The number of aromatic hydroxyl groups is 1. The Balaban J connectivity index is 3.10. The van der Waals surface area contributed by atoms with E-state index in [-0.39, 0.29) is 11.3 Å². The molecule has 0 aliphatic heterocycles. The molecule has 0 aliphatic rings. The lowest BCUT2D eigenvalue weighted by Gasteiger charge is -2.30. The predicted octanol–water partition coefficient (Wildman–Crippen LogP) is 2.23. The van der Waals surface area contributed by atoms with Crippen LogP contribution in [-0.4, -0.2) is 53.1 Å². The van der Waals surface area contributed by atoms with E-state index in [4.69, 9.17) is 4.74 Å². The van der Waals surface area contributed by atoms with E-state index in [1.165, 1.54) is 12.1 Å². The zero-order valence-electron chi connectivity index (χ0n) is 17.9. The molecule has 0 fully saturated rings. The Morgan fingerprint density at radius 3 is 2.47 bits per heavy atom. The van der Waals surface area contributed by atoms with Crippen LogP contribution in [0.2, 0.25) is 0 Å². The first kappa shape index (κ1) is 24.8. The fourth-order valence-electron chi connectivity index (χ4n) is 2.62. The lowest BCUT2D eigenvalue weighted by molar-refractivity contribution is -0.139. The minimum absolute atomic E-state index is 0.177. The molecule has 0 bridgehead atoms. The van der Waals surface area contributed by atoms with Crippen molar-refractivity contribution in [1.82, 2.24) is 15.5 Å². The van der Waals surface area contributed by atoms with Gasteiger partial charge in [0.25, 0.3) is 0 Å². The predicted molar refractivity (Wildman–Crippen MR) is 110 cm³/mol. The Hall–Kier alpha value is -3.28. The van der Waals surface area contributed by atoms with Gasteiger partial charge in [-0.1, -0.05) is 31.5 Å². The molecular formula is C21H30N4O5. The average molecular weight is 418 g/mol. The number of nitrogens with zero attached hydrogens (tertiary/aromatic N) is 2. The second-order valence-electron chi connectivity index (χ2n) is 7.64. The van der Waals surface area contributed by atoms with Gasteiger partial charge in [0, 0.05) is 12.1 Å². The number of phenolic OH excluding ortho intramolecular Hbond substituents is 1. The number of carbonyl (C=O) groups excluding carboxylic acids is 3. The molecule has 0 saturated carbocycles. The molecule has 1 aromatic carbocycles. The van der Waals surface area contributed by atoms with Crippen LogP contribution in [0.1, 0.15) is 52.1 Å². The number of alkyl carbamates (subject to hydrolysis) is 1. The quantitative estimate of drug-likeness (QED) is 0.416. The van der Waals surface area contributed by atoms with Gasteiger partial charge >= 0.3 is 6.09 Å². The van der Waals surface area contributed by atoms with Crippen LogP contribution in [0.4, 0.5) is 4.79 Å². The molecule has 9 heteroatoms. The third-order valence-electron chi connectivity index (χ3n) is 3.97. The lowest BCUT2D eigenvalue weighted by atomic mass is 10.0. The molecule has 1 atom stereocenters. The van der Waals surface area contributed by atoms with Crippen molar-refractivity contribution in [3.8, 4) is 11.8 Å². The van der Waals surface area contributed by atoms with Crippen molar-refractivity contribution in [1.29, 1.82) is 5.26 Å². The van der Waals surface area contributed by atoms with Crippen molar-refractivity contribution in [2.24, 2.45) is 0 Å². The number of hydrogen-bond acceptors (Lipinski definition) is 6. The van der Waals surface area contributed by atoms with Crippen molar-refractivity contribution in [2.45, 2.75) is 52.2 Å². The van der Waals surface area contributed by atoms with Gasteiger partial charge in [-0.3, -0.25) is 9.59 Å². The first-order chi connectivity index (χ1) is 14.1. The smallest absolute Gasteiger partial charge is 0.408 e. The highest BCUT2D eigenvalue weighted by Gasteiger charge is 2.33. The van der Waals surface area contributed by atoms with E-state index in [9.17, 15) is 24.8 Å². The van der Waals surface area contributed by atoms with Crippen LogP contribution in [0.3, 0.4) is 0 Å². The van der Waals surface area contributed by atoms with Crippen molar-refractivity contribution in [2.75, 3.05) is 19.6 Å². The molecule has 0 spiro atoms. The van der Waals surface area contributed by atoms with E-state index < -0.39 is 42.6 Å². The number of ether oxygens (including phenoxy) is 1. The van der Waals surface area contributed by atoms with Crippen LogP contribution < -0.4 is 10.6 Å². The van der Waals surface area contributed by atoms with Crippen molar-refractivity contribution >= 4 is 17.9 Å². The maximum absolute atomic E-state index is 12.9. The molecule has 164 valence electrons. The van der Waals surface area contributed by atoms with E-state index in [2.05, 4.69) is 10.6 Å². The Morgan fingerprint density at radius 1 is 1.23 bits per heavy atom. The van der Waals surface area contributed by atoms with E-state index in [1.807, 2.05) is 13.0 Å². The zero-order chi connectivity index (χ0) is 22.7. The fraction of sp³-hybridized carbons (Fsp3) is 0.524. The third-order valence-corrected chi connectivity index (χ3v) is 3.97. The number of benzene rings is 1. The van der Waals surface area contributed by atoms with Gasteiger partial charge in [-0.25, -0.2) is 4.79 Å². The van der Waals surface area contributed by atoms with Gasteiger partial charge < -0.3 is 25.4 Å². The maximum atomic E-state index is 12.9. The maximum Gasteiger partial charge on any atom is 0.408 e. The van der Waals surface area contributed by atoms with E-state index in [0.717, 1.165) is 17.7 Å². The van der Waals surface area contributed by atoms with Crippen LogP contribution in [0.15, 0.2) is 24.3 Å². The van der Waals surface area contributed by atoms with Crippen LogP contribution >= 0.6 is 0 Å². The van der Waals surface area contributed by atoms with Crippen molar-refractivity contribution in [3.63, 3.8) is 0 Å². The molecule has 1 unspecified atom stereocenters. The molecule has 3 N–H and O–H groups in total. The standard InChI is InChI=1S/C21H30N4O5/c1-5-6-12-23-19(28)18(15-9-7-8-10-16(15)26)25(13-11-22)17(27)14-24-20(29)30-21(2,3)4/h7-10,18,26H,5-6,12-14H2,1-4H3,(H,23,28)(H,24,29). The van der Waals surface area contributed by atoms with Gasteiger partial charge in [-0.05, 0) is 33.3 Å². The van der Waals surface area contributed by atoms with Gasteiger partial charge in [-0.15, -0.1) is 0 Å². The van der Waals surface area contributed by atoms with Gasteiger partial charge in [0.15, 0.2) is 0 Å². The Labute approximate surface area is 177 Å². The third kappa shape index (κ3) is 7.99. The molecule has 0 radical (unpaired) electrons. The summed E-state index contributed by atoms with van der Waals surface area (Å²) >= 11 is 0. The minimum atomic E-state index is -1.23. The zero-order valence-corrected chi connectivity index (χ0v) is 17.9. The van der Waals surface area contributed by atoms with E-state index in [1.54, 1.807) is 32.9 Å². The van der Waals surface area contributed by atoms with Gasteiger partial charge in [0.05, 0.1) is 6.07 Å². The molecule has 0 aliphatic carbocycles. The normalized spacial score (nSPS) is 11.7. The summed E-state index contributed by atoms with van der Waals surface area (Å²) in [6.07, 6.45) is 0.813. The number of nitriles is 1. The monoisotopic (exact) mass is 418 g/mol. The van der Waals surface area contributed by atoms with E-state index in [0.29, 0.717) is 6.54 Å². The second-order valence-corrected chi connectivity index (χ2v) is 7.64. The molecule has 1 rings (SSSR count). The number of carbonyl (C=O) groups is 3. The highest BCUT2D eigenvalue weighted by molar-refractivity contribution is 5.91. The number of nitrogens with one attached hydrogen (secondary N) is 2. The number of phenols is 1. The summed E-state index contributed by atoms with van der Waals surface area (Å²) < 4.78 is 5.10. The first-order valence-electron chi connectivity index (χ1n) is 9.79. The van der Waals surface area contributed by atoms with Gasteiger partial charge in [-0.2, -0.15) is 5.26 Å². The number of hydrogen-bond donors (Lipinski definition) is 3. The minimum Gasteiger partial charge on any atom is -0.508 e. The highest BCUT2D eigenvalue weighted by atomic mass is 16.6. The van der Waals surface area contributed by atoms with Gasteiger partial charge in [0.2, 0.25) is 11.8 Å². The summed E-state index contributed by atoms with van der Waals surface area (Å²) in [4.78, 5) is 38.6. The Bertz CT molecular complexity index is 782.